The molecule has 28 heavy (non-hydrogen) atoms. The predicted molar refractivity (Wildman–Crippen MR) is 114 cm³/mol. The molecule has 0 radical (unpaired) electrons. The van der Waals surface area contributed by atoms with Crippen molar-refractivity contribution in [2.24, 2.45) is 5.73 Å². The largest absolute Gasteiger partial charge is 0.338 e. The van der Waals surface area contributed by atoms with Crippen molar-refractivity contribution in [3.05, 3.63) is 93.2 Å². The first-order chi connectivity index (χ1) is 13.4. The van der Waals surface area contributed by atoms with E-state index < -0.39 is 5.82 Å². The zero-order chi connectivity index (χ0) is 20.3. The van der Waals surface area contributed by atoms with Crippen molar-refractivity contribution in [1.82, 2.24) is 0 Å². The van der Waals surface area contributed by atoms with Gasteiger partial charge in [-0.05, 0) is 48.9 Å². The normalized spacial score (nSPS) is 10.8. The number of aryl methyl sites for hydroxylation is 1. The third kappa shape index (κ3) is 4.20. The van der Waals surface area contributed by atoms with Gasteiger partial charge in [-0.1, -0.05) is 47.5 Å². The van der Waals surface area contributed by atoms with Crippen molar-refractivity contribution in [1.29, 1.82) is 0 Å². The molecule has 0 atom stereocenters. The van der Waals surface area contributed by atoms with E-state index in [2.05, 4.69) is 0 Å². The average Bonchev–Trinajstić information content (AvgIpc) is 2.66. The molecule has 0 amide bonds. The Labute approximate surface area is 173 Å². The summed E-state index contributed by atoms with van der Waals surface area (Å²) in [6, 6.07) is 16.8. The minimum Gasteiger partial charge on any atom is -0.338 e. The third-order valence-corrected chi connectivity index (χ3v) is 5.00. The maximum atomic E-state index is 14.4. The molecule has 3 rings (SSSR count). The quantitative estimate of drug-likeness (QED) is 0.518. The molecule has 3 aromatic rings. The zero-order valence-electron chi connectivity index (χ0n) is 15.3. The van der Waals surface area contributed by atoms with E-state index in [9.17, 15) is 9.18 Å². The Hall–Kier alpha value is -2.40. The lowest BCUT2D eigenvalue weighted by molar-refractivity contribution is 0.103. The Morgan fingerprint density at radius 1 is 1.04 bits per heavy atom. The number of hydrogen-bond acceptors (Lipinski definition) is 3. The summed E-state index contributed by atoms with van der Waals surface area (Å²) in [5.41, 5.74) is 8.55. The van der Waals surface area contributed by atoms with Gasteiger partial charge in [0.05, 0.1) is 10.7 Å². The number of rotatable bonds is 6. The van der Waals surface area contributed by atoms with Crippen molar-refractivity contribution in [2.45, 2.75) is 6.92 Å². The fourth-order valence-corrected chi connectivity index (χ4v) is 3.47. The number of carbonyl (C=O) groups excluding carboxylic acids is 1. The number of anilines is 2. The lowest BCUT2D eigenvalue weighted by Crippen LogP contribution is -2.25. The van der Waals surface area contributed by atoms with Gasteiger partial charge in [-0.3, -0.25) is 4.79 Å². The lowest BCUT2D eigenvalue weighted by atomic mass is 9.99. The highest BCUT2D eigenvalue weighted by atomic mass is 35.5. The zero-order valence-corrected chi connectivity index (χ0v) is 16.8. The summed E-state index contributed by atoms with van der Waals surface area (Å²) < 4.78 is 14.4. The van der Waals surface area contributed by atoms with E-state index in [0.717, 1.165) is 5.56 Å². The number of nitrogens with zero attached hydrogens (tertiary/aromatic N) is 1. The highest BCUT2D eigenvalue weighted by molar-refractivity contribution is 6.35. The first kappa shape index (κ1) is 20.3. The molecule has 3 aromatic carbocycles. The van der Waals surface area contributed by atoms with Crippen LogP contribution < -0.4 is 10.6 Å². The van der Waals surface area contributed by atoms with Crippen molar-refractivity contribution < 1.29 is 9.18 Å². The summed E-state index contributed by atoms with van der Waals surface area (Å²) in [7, 11) is 0. The molecule has 0 fully saturated rings. The first-order valence-corrected chi connectivity index (χ1v) is 9.50. The topological polar surface area (TPSA) is 46.3 Å². The van der Waals surface area contributed by atoms with Gasteiger partial charge in [0.25, 0.3) is 0 Å². The van der Waals surface area contributed by atoms with Crippen molar-refractivity contribution in [3.8, 4) is 0 Å². The van der Waals surface area contributed by atoms with E-state index in [1.54, 1.807) is 41.3 Å². The maximum absolute atomic E-state index is 14.4. The van der Waals surface area contributed by atoms with Gasteiger partial charge in [-0.15, -0.1) is 0 Å². The summed E-state index contributed by atoms with van der Waals surface area (Å²) in [4.78, 5) is 14.6. The molecule has 0 saturated carbocycles. The lowest BCUT2D eigenvalue weighted by Gasteiger charge is -2.25. The van der Waals surface area contributed by atoms with Crippen LogP contribution in [0.5, 0.6) is 0 Å². The van der Waals surface area contributed by atoms with E-state index in [1.807, 2.05) is 25.1 Å². The second-order valence-corrected chi connectivity index (χ2v) is 7.19. The molecular weight excluding hydrogens is 398 g/mol. The van der Waals surface area contributed by atoms with E-state index in [0.29, 0.717) is 45.6 Å². The van der Waals surface area contributed by atoms with Gasteiger partial charge in [-0.2, -0.15) is 0 Å². The summed E-state index contributed by atoms with van der Waals surface area (Å²) in [6.07, 6.45) is 0. The Morgan fingerprint density at radius 3 is 2.43 bits per heavy atom. The number of halogens is 3. The van der Waals surface area contributed by atoms with E-state index >= 15 is 0 Å². The van der Waals surface area contributed by atoms with Crippen molar-refractivity contribution in [3.63, 3.8) is 0 Å². The smallest absolute Gasteiger partial charge is 0.194 e. The molecule has 0 bridgehead atoms. The van der Waals surface area contributed by atoms with Crippen LogP contribution in [0, 0.1) is 12.7 Å². The summed E-state index contributed by atoms with van der Waals surface area (Å²) in [5, 5.41) is 0.605. The van der Waals surface area contributed by atoms with Crippen molar-refractivity contribution in [2.75, 3.05) is 18.0 Å². The molecule has 0 spiro atoms. The molecule has 0 unspecified atom stereocenters. The monoisotopic (exact) mass is 416 g/mol. The molecule has 0 saturated heterocycles. The van der Waals surface area contributed by atoms with Crippen molar-refractivity contribution >= 4 is 40.4 Å². The third-order valence-electron chi connectivity index (χ3n) is 4.45. The molecule has 3 nitrogen and oxygen atoms in total. The molecular formula is C22H19Cl2FN2O. The standard InChI is InChI=1S/C22H19Cl2FN2O/c1-14-4-2-3-5-17(14)22(28)18-8-7-16(13-19(18)24)27(11-10-26)21-9-6-15(23)12-20(21)25/h2-9,12-13H,10-11,26H2,1H3. The summed E-state index contributed by atoms with van der Waals surface area (Å²) >= 11 is 12.3. The number of ketones is 1. The van der Waals surface area contributed by atoms with Crippen LogP contribution in [0.2, 0.25) is 10.0 Å². The van der Waals surface area contributed by atoms with Crippen LogP contribution in [0.3, 0.4) is 0 Å². The molecule has 0 aliphatic heterocycles. The van der Waals surface area contributed by atoms with Gasteiger partial charge < -0.3 is 10.6 Å². The van der Waals surface area contributed by atoms with Gasteiger partial charge in [0.2, 0.25) is 0 Å². The summed E-state index contributed by atoms with van der Waals surface area (Å²) in [6.45, 7) is 2.56. The molecule has 0 aliphatic carbocycles. The van der Waals surface area contributed by atoms with Crippen LogP contribution in [-0.2, 0) is 0 Å². The van der Waals surface area contributed by atoms with Gasteiger partial charge in [0, 0.05) is 34.9 Å². The molecule has 2 N–H and O–H groups in total. The fourth-order valence-electron chi connectivity index (χ4n) is 3.05. The second kappa shape index (κ2) is 8.74. The van der Waals surface area contributed by atoms with Gasteiger partial charge in [-0.25, -0.2) is 4.39 Å². The van der Waals surface area contributed by atoms with Crippen LogP contribution in [0.4, 0.5) is 15.8 Å². The number of nitrogens with two attached hydrogens (primary N) is 1. The molecule has 0 aromatic heterocycles. The van der Waals surface area contributed by atoms with E-state index in [1.165, 1.54) is 6.07 Å². The number of hydrogen-bond donors (Lipinski definition) is 1. The molecule has 6 heteroatoms. The molecule has 144 valence electrons. The van der Waals surface area contributed by atoms with Gasteiger partial charge >= 0.3 is 0 Å². The highest BCUT2D eigenvalue weighted by Gasteiger charge is 2.18. The minimum atomic E-state index is -0.461. The Bertz CT molecular complexity index is 1020. The predicted octanol–water partition coefficient (Wildman–Crippen LogP) is 5.77. The Balaban J connectivity index is 1.99. The Morgan fingerprint density at radius 2 is 1.79 bits per heavy atom. The van der Waals surface area contributed by atoms with Crippen LogP contribution >= 0.6 is 23.2 Å². The van der Waals surface area contributed by atoms with Gasteiger partial charge in [0.15, 0.2) is 5.78 Å². The minimum absolute atomic E-state index is 0.155. The SMILES string of the molecule is Cc1ccccc1C(=O)c1ccc(N(CCN)c2ccc(Cl)cc2F)cc1Cl. The second-order valence-electron chi connectivity index (χ2n) is 6.34. The van der Waals surface area contributed by atoms with Crippen LogP contribution in [-0.4, -0.2) is 18.9 Å². The van der Waals surface area contributed by atoms with Crippen LogP contribution in [0.1, 0.15) is 21.5 Å². The summed E-state index contributed by atoms with van der Waals surface area (Å²) in [5.74, 6) is -0.616. The van der Waals surface area contributed by atoms with E-state index in [-0.39, 0.29) is 5.78 Å². The Kier molecular flexibility index (Phi) is 6.35. The fraction of sp³-hybridized carbons (Fsp3) is 0.136. The highest BCUT2D eigenvalue weighted by Crippen LogP contribution is 2.33. The van der Waals surface area contributed by atoms with Crippen LogP contribution in [0.25, 0.3) is 0 Å². The van der Waals surface area contributed by atoms with Crippen LogP contribution in [0.15, 0.2) is 60.7 Å². The molecule has 0 heterocycles. The number of benzene rings is 3. The molecule has 0 aliphatic rings. The number of carbonyl (C=O) groups is 1. The van der Waals surface area contributed by atoms with E-state index in [4.69, 9.17) is 28.9 Å². The maximum Gasteiger partial charge on any atom is 0.194 e. The van der Waals surface area contributed by atoms with Gasteiger partial charge in [0.1, 0.15) is 5.82 Å². The average molecular weight is 417 g/mol. The first-order valence-electron chi connectivity index (χ1n) is 8.75.